The molecule has 138 valence electrons. The predicted molar refractivity (Wildman–Crippen MR) is 104 cm³/mol. The van der Waals surface area contributed by atoms with E-state index in [1.807, 2.05) is 47.3 Å². The van der Waals surface area contributed by atoms with Crippen molar-refractivity contribution in [2.24, 2.45) is 0 Å². The SMILES string of the molecule is COc1cc2ncc3ccn(-c4ccc(NS(=O)[O-])cc4)c3c2cc1OC. The van der Waals surface area contributed by atoms with Gasteiger partial charge in [0.2, 0.25) is 0 Å². The minimum absolute atomic E-state index is 0.501. The topological polar surface area (TPSA) is 88.4 Å². The number of benzene rings is 2. The van der Waals surface area contributed by atoms with Crippen LogP contribution in [0.4, 0.5) is 5.69 Å². The minimum atomic E-state index is -2.35. The predicted octanol–water partition coefficient (Wildman–Crippen LogP) is 3.40. The molecular formula is C19H16N3O4S-. The zero-order valence-electron chi connectivity index (χ0n) is 14.6. The molecule has 4 aromatic rings. The summed E-state index contributed by atoms with van der Waals surface area (Å²) in [5.41, 5.74) is 3.17. The Kier molecular flexibility index (Phi) is 4.43. The highest BCUT2D eigenvalue weighted by Gasteiger charge is 2.13. The molecule has 0 saturated carbocycles. The standard InChI is InChI=1S/C19H17N3O4S/c1-25-17-9-15-16(10-18(17)26-2)20-11-12-7-8-22(19(12)15)14-5-3-13(4-6-14)21-27(23)24/h3-11,21H,1-2H3,(H,23,24)/p-1. The number of rotatable bonds is 5. The number of fused-ring (bicyclic) bond motifs is 3. The van der Waals surface area contributed by atoms with E-state index in [0.29, 0.717) is 17.2 Å². The average molecular weight is 382 g/mol. The summed E-state index contributed by atoms with van der Waals surface area (Å²) >= 11 is -2.35. The Morgan fingerprint density at radius 2 is 1.78 bits per heavy atom. The quantitative estimate of drug-likeness (QED) is 0.535. The molecule has 0 radical (unpaired) electrons. The molecule has 0 aliphatic heterocycles. The van der Waals surface area contributed by atoms with E-state index in [9.17, 15) is 8.76 Å². The highest BCUT2D eigenvalue weighted by Crippen LogP contribution is 2.35. The molecule has 2 heterocycles. The third kappa shape index (κ3) is 3.09. The van der Waals surface area contributed by atoms with Crippen LogP contribution in [-0.2, 0) is 11.3 Å². The van der Waals surface area contributed by atoms with Crippen LogP contribution in [0.1, 0.15) is 0 Å². The first kappa shape index (κ1) is 17.3. The fraction of sp³-hybridized carbons (Fsp3) is 0.105. The second-order valence-electron chi connectivity index (χ2n) is 5.86. The summed E-state index contributed by atoms with van der Waals surface area (Å²) < 4.78 is 36.7. The number of hydrogen-bond donors (Lipinski definition) is 1. The van der Waals surface area contributed by atoms with Crippen LogP contribution in [0.2, 0.25) is 0 Å². The van der Waals surface area contributed by atoms with E-state index in [0.717, 1.165) is 27.5 Å². The molecule has 1 atom stereocenters. The number of nitrogens with one attached hydrogen (secondary N) is 1. The molecule has 0 fully saturated rings. The number of hydrogen-bond acceptors (Lipinski definition) is 5. The van der Waals surface area contributed by atoms with Gasteiger partial charge in [-0.15, -0.1) is 0 Å². The Morgan fingerprint density at radius 3 is 2.44 bits per heavy atom. The number of pyridine rings is 1. The second kappa shape index (κ2) is 6.90. The number of methoxy groups -OCH3 is 2. The lowest BCUT2D eigenvalue weighted by molar-refractivity contribution is 0.356. The molecule has 4 rings (SSSR count). The number of ether oxygens (including phenoxy) is 2. The first-order valence-electron chi connectivity index (χ1n) is 8.09. The minimum Gasteiger partial charge on any atom is -0.755 e. The van der Waals surface area contributed by atoms with E-state index in [2.05, 4.69) is 9.71 Å². The molecule has 27 heavy (non-hydrogen) atoms. The summed E-state index contributed by atoms with van der Waals surface area (Å²) in [5, 5.41) is 1.91. The zero-order valence-corrected chi connectivity index (χ0v) is 15.4. The van der Waals surface area contributed by atoms with E-state index in [1.54, 1.807) is 26.4 Å². The van der Waals surface area contributed by atoms with Crippen molar-refractivity contribution in [3.05, 3.63) is 54.9 Å². The van der Waals surface area contributed by atoms with E-state index in [4.69, 9.17) is 9.47 Å². The monoisotopic (exact) mass is 382 g/mol. The van der Waals surface area contributed by atoms with Crippen LogP contribution < -0.4 is 14.2 Å². The Morgan fingerprint density at radius 1 is 1.07 bits per heavy atom. The summed E-state index contributed by atoms with van der Waals surface area (Å²) in [5.74, 6) is 1.25. The third-order valence-electron chi connectivity index (χ3n) is 4.36. The van der Waals surface area contributed by atoms with Crippen molar-refractivity contribution in [2.75, 3.05) is 18.9 Å². The van der Waals surface area contributed by atoms with Gasteiger partial charge in [0.1, 0.15) is 0 Å². The maximum absolute atomic E-state index is 10.8. The van der Waals surface area contributed by atoms with Crippen LogP contribution in [0.15, 0.2) is 54.9 Å². The van der Waals surface area contributed by atoms with Gasteiger partial charge >= 0.3 is 0 Å². The summed E-state index contributed by atoms with van der Waals surface area (Å²) in [6.45, 7) is 0. The molecule has 0 bridgehead atoms. The van der Waals surface area contributed by atoms with Crippen LogP contribution in [0.3, 0.4) is 0 Å². The van der Waals surface area contributed by atoms with Crippen molar-refractivity contribution >= 4 is 38.8 Å². The maximum atomic E-state index is 10.8. The molecule has 0 saturated heterocycles. The smallest absolute Gasteiger partial charge is 0.162 e. The lowest BCUT2D eigenvalue weighted by Gasteiger charge is -2.13. The van der Waals surface area contributed by atoms with E-state index >= 15 is 0 Å². The Bertz CT molecular complexity index is 1160. The first-order chi connectivity index (χ1) is 13.1. The maximum Gasteiger partial charge on any atom is 0.162 e. The van der Waals surface area contributed by atoms with Gasteiger partial charge in [-0.1, -0.05) is 0 Å². The van der Waals surface area contributed by atoms with Gasteiger partial charge in [-0.05, 0) is 36.4 Å². The van der Waals surface area contributed by atoms with Gasteiger partial charge in [-0.3, -0.25) is 9.19 Å². The van der Waals surface area contributed by atoms with Crippen molar-refractivity contribution in [1.29, 1.82) is 0 Å². The Balaban J connectivity index is 1.91. The molecule has 1 N–H and O–H groups in total. The summed E-state index contributed by atoms with van der Waals surface area (Å²) in [4.78, 5) is 4.52. The number of anilines is 1. The van der Waals surface area contributed by atoms with Crippen molar-refractivity contribution < 1.29 is 18.2 Å². The van der Waals surface area contributed by atoms with Crippen molar-refractivity contribution in [3.63, 3.8) is 0 Å². The van der Waals surface area contributed by atoms with Crippen LogP contribution >= 0.6 is 0 Å². The lowest BCUT2D eigenvalue weighted by Crippen LogP contribution is -2.02. The van der Waals surface area contributed by atoms with Gasteiger partial charge in [-0.2, -0.15) is 0 Å². The second-order valence-corrected chi connectivity index (χ2v) is 6.53. The summed E-state index contributed by atoms with van der Waals surface area (Å²) in [6.07, 6.45) is 3.77. The van der Waals surface area contributed by atoms with Gasteiger partial charge in [0.15, 0.2) is 11.5 Å². The highest BCUT2D eigenvalue weighted by atomic mass is 32.2. The number of aromatic nitrogens is 2. The lowest BCUT2D eigenvalue weighted by atomic mass is 10.1. The highest BCUT2D eigenvalue weighted by molar-refractivity contribution is 7.80. The molecule has 1 unspecified atom stereocenters. The average Bonchev–Trinajstić information content (AvgIpc) is 3.11. The zero-order chi connectivity index (χ0) is 19.0. The van der Waals surface area contributed by atoms with E-state index in [-0.39, 0.29) is 0 Å². The molecule has 0 spiro atoms. The van der Waals surface area contributed by atoms with Crippen LogP contribution in [0.5, 0.6) is 11.5 Å². The molecule has 0 aliphatic rings. The number of nitrogens with zero attached hydrogens (tertiary/aromatic N) is 2. The molecule has 2 aromatic carbocycles. The van der Waals surface area contributed by atoms with E-state index < -0.39 is 11.3 Å². The largest absolute Gasteiger partial charge is 0.755 e. The van der Waals surface area contributed by atoms with Gasteiger partial charge in [0.25, 0.3) is 0 Å². The molecule has 2 aromatic heterocycles. The Hall–Kier alpha value is -3.10. The van der Waals surface area contributed by atoms with E-state index in [1.165, 1.54) is 0 Å². The van der Waals surface area contributed by atoms with Gasteiger partial charge in [0, 0.05) is 51.9 Å². The van der Waals surface area contributed by atoms with Gasteiger partial charge in [-0.25, -0.2) is 0 Å². The molecule has 0 amide bonds. The van der Waals surface area contributed by atoms with Gasteiger partial charge < -0.3 is 23.3 Å². The molecule has 8 heteroatoms. The fourth-order valence-electron chi connectivity index (χ4n) is 3.14. The van der Waals surface area contributed by atoms with Gasteiger partial charge in [0.05, 0.1) is 25.3 Å². The van der Waals surface area contributed by atoms with Crippen molar-refractivity contribution in [3.8, 4) is 17.2 Å². The van der Waals surface area contributed by atoms with Crippen LogP contribution in [0.25, 0.3) is 27.5 Å². The van der Waals surface area contributed by atoms with Crippen molar-refractivity contribution in [1.82, 2.24) is 9.55 Å². The molecule has 7 nitrogen and oxygen atoms in total. The molecule has 0 aliphatic carbocycles. The van der Waals surface area contributed by atoms with Crippen LogP contribution in [-0.4, -0.2) is 32.5 Å². The van der Waals surface area contributed by atoms with Crippen LogP contribution in [0, 0.1) is 0 Å². The summed E-state index contributed by atoms with van der Waals surface area (Å²) in [6, 6.07) is 12.9. The normalized spacial score (nSPS) is 12.3. The van der Waals surface area contributed by atoms with Crippen molar-refractivity contribution in [2.45, 2.75) is 0 Å². The first-order valence-corrected chi connectivity index (χ1v) is 9.16. The fourth-order valence-corrected chi connectivity index (χ4v) is 3.47. The summed E-state index contributed by atoms with van der Waals surface area (Å²) in [7, 11) is 3.19. The Labute approximate surface area is 158 Å². The third-order valence-corrected chi connectivity index (χ3v) is 4.77. The molecular weight excluding hydrogens is 366 g/mol.